The van der Waals surface area contributed by atoms with E-state index in [4.69, 9.17) is 28.4 Å². The molecule has 0 saturated heterocycles. The molecule has 0 bridgehead atoms. The van der Waals surface area contributed by atoms with E-state index >= 15 is 0 Å². The third-order valence-electron chi connectivity index (χ3n) is 3.59. The molecule has 2 aromatic carbocycles. The summed E-state index contributed by atoms with van der Waals surface area (Å²) in [5.41, 5.74) is 12.6. The molecular formula is C19H20N4O3S2. The molecule has 0 radical (unpaired) electrons. The van der Waals surface area contributed by atoms with Gasteiger partial charge in [0.05, 0.1) is 5.92 Å². The van der Waals surface area contributed by atoms with Gasteiger partial charge in [0.1, 0.15) is 10.9 Å². The number of benzene rings is 2. The number of nitrogens with zero attached hydrogens (tertiary/aromatic N) is 1. The van der Waals surface area contributed by atoms with Crippen LogP contribution in [0.4, 0.5) is 4.79 Å². The molecule has 1 atom stereocenters. The molecule has 28 heavy (non-hydrogen) atoms. The SMILES string of the molecule is NC(=S)SC(N)=NC(=O)C(CNC(=O)OCc1ccccc1)c1ccccc1. The van der Waals surface area contributed by atoms with Crippen molar-refractivity contribution >= 4 is 45.5 Å². The summed E-state index contributed by atoms with van der Waals surface area (Å²) < 4.78 is 5.23. The lowest BCUT2D eigenvalue weighted by Gasteiger charge is -2.15. The molecule has 1 unspecified atom stereocenters. The van der Waals surface area contributed by atoms with E-state index in [0.29, 0.717) is 5.56 Å². The number of carbonyl (C=O) groups is 2. The van der Waals surface area contributed by atoms with Crippen LogP contribution < -0.4 is 16.8 Å². The largest absolute Gasteiger partial charge is 0.445 e. The fourth-order valence-electron chi connectivity index (χ4n) is 2.31. The highest BCUT2D eigenvalue weighted by atomic mass is 32.2. The summed E-state index contributed by atoms with van der Waals surface area (Å²) in [5.74, 6) is -1.24. The average Bonchev–Trinajstić information content (AvgIpc) is 2.67. The summed E-state index contributed by atoms with van der Waals surface area (Å²) in [5, 5.41) is 2.55. The maximum Gasteiger partial charge on any atom is 0.407 e. The number of amides is 2. The Morgan fingerprint density at radius 3 is 2.29 bits per heavy atom. The number of thioether (sulfide) groups is 1. The number of ether oxygens (including phenoxy) is 1. The van der Waals surface area contributed by atoms with Gasteiger partial charge in [-0.15, -0.1) is 0 Å². The molecule has 5 N–H and O–H groups in total. The maximum absolute atomic E-state index is 12.6. The molecule has 2 aromatic rings. The number of thiocarbonyl (C=S) groups is 1. The second-order valence-corrected chi connectivity index (χ2v) is 7.38. The molecule has 2 amide bonds. The highest BCUT2D eigenvalue weighted by Gasteiger charge is 2.22. The molecule has 0 saturated carbocycles. The second kappa shape index (κ2) is 11.1. The zero-order valence-electron chi connectivity index (χ0n) is 14.9. The molecular weight excluding hydrogens is 396 g/mol. The number of carbonyl (C=O) groups excluding carboxylic acids is 2. The summed E-state index contributed by atoms with van der Waals surface area (Å²) in [7, 11) is 0. The number of hydrogen-bond acceptors (Lipinski definition) is 5. The lowest BCUT2D eigenvalue weighted by atomic mass is 9.98. The van der Waals surface area contributed by atoms with Crippen molar-refractivity contribution in [2.24, 2.45) is 16.5 Å². The first-order valence-electron chi connectivity index (χ1n) is 8.30. The van der Waals surface area contributed by atoms with Crippen LogP contribution >= 0.6 is 24.0 Å². The highest BCUT2D eigenvalue weighted by Crippen LogP contribution is 2.17. The molecule has 0 spiro atoms. The van der Waals surface area contributed by atoms with Crippen molar-refractivity contribution in [3.63, 3.8) is 0 Å². The first-order valence-corrected chi connectivity index (χ1v) is 9.53. The summed E-state index contributed by atoms with van der Waals surface area (Å²) in [6.45, 7) is 0.136. The monoisotopic (exact) mass is 416 g/mol. The minimum atomic E-state index is -0.726. The van der Waals surface area contributed by atoms with Crippen molar-refractivity contribution in [1.82, 2.24) is 5.32 Å². The van der Waals surface area contributed by atoms with E-state index in [2.05, 4.69) is 10.3 Å². The zero-order valence-corrected chi connectivity index (χ0v) is 16.5. The maximum atomic E-state index is 12.6. The van der Waals surface area contributed by atoms with Crippen molar-refractivity contribution in [2.45, 2.75) is 12.5 Å². The number of aliphatic imine (C=N–C) groups is 1. The Hall–Kier alpha value is -2.91. The fraction of sp³-hybridized carbons (Fsp3) is 0.158. The van der Waals surface area contributed by atoms with Crippen LogP contribution in [0.1, 0.15) is 17.0 Å². The topological polar surface area (TPSA) is 120 Å². The number of hydrogen-bond donors (Lipinski definition) is 3. The van der Waals surface area contributed by atoms with Gasteiger partial charge in [-0.3, -0.25) is 4.79 Å². The van der Waals surface area contributed by atoms with Gasteiger partial charge in [-0.25, -0.2) is 4.79 Å². The van der Waals surface area contributed by atoms with E-state index in [-0.39, 0.29) is 22.6 Å². The Kier molecular flexibility index (Phi) is 8.44. The number of alkyl carbamates (subject to hydrolysis) is 1. The quantitative estimate of drug-likeness (QED) is 0.376. The molecule has 0 aliphatic carbocycles. The average molecular weight is 417 g/mol. The Morgan fingerprint density at radius 1 is 1.07 bits per heavy atom. The predicted molar refractivity (Wildman–Crippen MR) is 115 cm³/mol. The molecule has 146 valence electrons. The van der Waals surface area contributed by atoms with Gasteiger partial charge in [0.25, 0.3) is 5.91 Å². The van der Waals surface area contributed by atoms with E-state index in [1.165, 1.54) is 0 Å². The van der Waals surface area contributed by atoms with Crippen LogP contribution in [0.15, 0.2) is 65.7 Å². The molecule has 0 aliphatic heterocycles. The van der Waals surface area contributed by atoms with Gasteiger partial charge in [0.15, 0.2) is 5.17 Å². The number of rotatable bonds is 6. The first kappa shape index (κ1) is 21.4. The van der Waals surface area contributed by atoms with Gasteiger partial charge in [0, 0.05) is 6.54 Å². The van der Waals surface area contributed by atoms with Gasteiger partial charge in [-0.2, -0.15) is 4.99 Å². The number of nitrogens with one attached hydrogen (secondary N) is 1. The number of nitrogens with two attached hydrogens (primary N) is 2. The van der Waals surface area contributed by atoms with Crippen LogP contribution in [0.5, 0.6) is 0 Å². The van der Waals surface area contributed by atoms with Crippen molar-refractivity contribution in [1.29, 1.82) is 0 Å². The van der Waals surface area contributed by atoms with Crippen LogP contribution in [0.3, 0.4) is 0 Å². The van der Waals surface area contributed by atoms with Crippen LogP contribution in [0.2, 0.25) is 0 Å². The summed E-state index contributed by atoms with van der Waals surface area (Å²) in [4.78, 5) is 28.4. The van der Waals surface area contributed by atoms with Crippen molar-refractivity contribution in [3.05, 3.63) is 71.8 Å². The first-order chi connectivity index (χ1) is 13.5. The van der Waals surface area contributed by atoms with Crippen LogP contribution in [0, 0.1) is 0 Å². The van der Waals surface area contributed by atoms with Crippen LogP contribution in [0.25, 0.3) is 0 Å². The molecule has 0 aliphatic rings. The predicted octanol–water partition coefficient (Wildman–Crippen LogP) is 2.51. The Morgan fingerprint density at radius 2 is 1.68 bits per heavy atom. The third-order valence-corrected chi connectivity index (χ3v) is 4.34. The van der Waals surface area contributed by atoms with E-state index in [9.17, 15) is 9.59 Å². The Labute approximate surface area is 172 Å². The third kappa shape index (κ3) is 7.37. The van der Waals surface area contributed by atoms with Gasteiger partial charge < -0.3 is 21.5 Å². The van der Waals surface area contributed by atoms with Gasteiger partial charge >= 0.3 is 6.09 Å². The summed E-state index contributed by atoms with van der Waals surface area (Å²) >= 11 is 5.56. The smallest absolute Gasteiger partial charge is 0.407 e. The lowest BCUT2D eigenvalue weighted by Crippen LogP contribution is -2.32. The van der Waals surface area contributed by atoms with E-state index in [0.717, 1.165) is 17.3 Å². The van der Waals surface area contributed by atoms with Gasteiger partial charge in [0.2, 0.25) is 0 Å². The molecule has 0 heterocycles. The molecule has 2 rings (SSSR count). The second-order valence-electron chi connectivity index (χ2n) is 5.62. The van der Waals surface area contributed by atoms with Gasteiger partial charge in [-0.1, -0.05) is 72.9 Å². The standard InChI is InChI=1S/C19H20N4O3S2/c20-17(28-18(21)27)23-16(24)15(14-9-5-2-6-10-14)11-22-19(25)26-12-13-7-3-1-4-8-13/h1-10,15H,11-12H2,(H2,21,27)(H,22,25)(H2,20,23,24). The Balaban J connectivity index is 2.01. The Bertz CT molecular complexity index is 845. The summed E-state index contributed by atoms with van der Waals surface area (Å²) in [6, 6.07) is 18.2. The summed E-state index contributed by atoms with van der Waals surface area (Å²) in [6.07, 6.45) is -0.632. The van der Waals surface area contributed by atoms with Crippen molar-refractivity contribution in [3.8, 4) is 0 Å². The minimum absolute atomic E-state index is 0.00495. The van der Waals surface area contributed by atoms with Crippen LogP contribution in [-0.2, 0) is 16.1 Å². The highest BCUT2D eigenvalue weighted by molar-refractivity contribution is 8.32. The van der Waals surface area contributed by atoms with E-state index in [1.54, 1.807) is 24.3 Å². The minimum Gasteiger partial charge on any atom is -0.445 e. The van der Waals surface area contributed by atoms with Crippen molar-refractivity contribution < 1.29 is 14.3 Å². The fourth-order valence-corrected chi connectivity index (χ4v) is 2.90. The molecule has 0 aromatic heterocycles. The van der Waals surface area contributed by atoms with Gasteiger partial charge in [-0.05, 0) is 22.9 Å². The van der Waals surface area contributed by atoms with E-state index < -0.39 is 17.9 Å². The lowest BCUT2D eigenvalue weighted by molar-refractivity contribution is -0.119. The number of amidine groups is 1. The molecule has 9 heteroatoms. The van der Waals surface area contributed by atoms with E-state index in [1.807, 2.05) is 36.4 Å². The zero-order chi connectivity index (χ0) is 20.4. The normalized spacial score (nSPS) is 12.1. The van der Waals surface area contributed by atoms with Crippen LogP contribution in [-0.4, -0.2) is 28.0 Å². The van der Waals surface area contributed by atoms with Crippen molar-refractivity contribution in [2.75, 3.05) is 6.54 Å². The molecule has 0 fully saturated rings. The molecule has 7 nitrogen and oxygen atoms in total.